The lowest BCUT2D eigenvalue weighted by Gasteiger charge is -2.17. The second-order valence-electron chi connectivity index (χ2n) is 6.90. The monoisotopic (exact) mass is 357 g/mol. The number of hydrogen-bond donors (Lipinski definition) is 1. The molecule has 1 atom stereocenters. The van der Waals surface area contributed by atoms with Crippen LogP contribution >= 0.6 is 0 Å². The Balaban J connectivity index is 1.63. The molecule has 0 fully saturated rings. The first-order valence-electron chi connectivity index (χ1n) is 9.46. The van der Waals surface area contributed by atoms with Gasteiger partial charge in [-0.25, -0.2) is 4.79 Å². The number of nitrogens with one attached hydrogen (secondary N) is 1. The van der Waals surface area contributed by atoms with Gasteiger partial charge in [-0.1, -0.05) is 67.6 Å². The zero-order chi connectivity index (χ0) is 18.6. The van der Waals surface area contributed by atoms with Crippen LogP contribution in [0.25, 0.3) is 21.7 Å². The zero-order valence-electron chi connectivity index (χ0n) is 15.4. The van der Waals surface area contributed by atoms with Crippen molar-refractivity contribution in [3.8, 4) is 0 Å². The topological polar surface area (TPSA) is 42.2 Å². The van der Waals surface area contributed by atoms with Crippen LogP contribution in [0, 0.1) is 0 Å². The maximum absolute atomic E-state index is 12.0. The van der Waals surface area contributed by atoms with Crippen LogP contribution < -0.4 is 10.9 Å². The van der Waals surface area contributed by atoms with Crippen molar-refractivity contribution in [2.75, 3.05) is 6.54 Å². The van der Waals surface area contributed by atoms with E-state index in [1.807, 2.05) is 30.3 Å². The smallest absolute Gasteiger partial charge is 0.336 e. The van der Waals surface area contributed by atoms with Crippen LogP contribution in [0.3, 0.4) is 0 Å². The molecule has 1 aromatic heterocycles. The summed E-state index contributed by atoms with van der Waals surface area (Å²) >= 11 is 0. The highest BCUT2D eigenvalue weighted by Gasteiger charge is 2.12. The normalized spacial score (nSPS) is 12.5. The SMILES string of the molecule is CC[C@@H](CNCc1cc(=O)oc2ccc3ccccc3c12)c1ccccc1. The second-order valence-corrected chi connectivity index (χ2v) is 6.90. The van der Waals surface area contributed by atoms with Gasteiger partial charge < -0.3 is 9.73 Å². The third kappa shape index (κ3) is 3.64. The minimum Gasteiger partial charge on any atom is -0.423 e. The largest absolute Gasteiger partial charge is 0.423 e. The van der Waals surface area contributed by atoms with Crippen molar-refractivity contribution < 1.29 is 4.42 Å². The predicted octanol–water partition coefficient (Wildman–Crippen LogP) is 5.23. The van der Waals surface area contributed by atoms with E-state index in [-0.39, 0.29) is 5.63 Å². The van der Waals surface area contributed by atoms with Gasteiger partial charge in [-0.2, -0.15) is 0 Å². The average molecular weight is 357 g/mol. The second kappa shape index (κ2) is 7.77. The Morgan fingerprint density at radius 3 is 2.56 bits per heavy atom. The van der Waals surface area contributed by atoms with Crippen LogP contribution in [0.4, 0.5) is 0 Å². The molecule has 0 aliphatic heterocycles. The first-order chi connectivity index (χ1) is 13.3. The van der Waals surface area contributed by atoms with Crippen molar-refractivity contribution in [2.45, 2.75) is 25.8 Å². The molecule has 0 aliphatic carbocycles. The maximum atomic E-state index is 12.0. The van der Waals surface area contributed by atoms with Crippen molar-refractivity contribution in [2.24, 2.45) is 0 Å². The molecule has 0 unspecified atom stereocenters. The lowest BCUT2D eigenvalue weighted by atomic mass is 9.96. The molecule has 0 bridgehead atoms. The van der Waals surface area contributed by atoms with E-state index >= 15 is 0 Å². The van der Waals surface area contributed by atoms with Gasteiger partial charge in [0, 0.05) is 24.5 Å². The number of fused-ring (bicyclic) bond motifs is 3. The van der Waals surface area contributed by atoms with Crippen LogP contribution in [-0.4, -0.2) is 6.54 Å². The highest BCUT2D eigenvalue weighted by atomic mass is 16.4. The molecular weight excluding hydrogens is 334 g/mol. The minimum atomic E-state index is -0.301. The van der Waals surface area contributed by atoms with E-state index in [4.69, 9.17) is 4.42 Å². The molecule has 1 heterocycles. The third-order valence-electron chi connectivity index (χ3n) is 5.18. The van der Waals surface area contributed by atoms with Crippen molar-refractivity contribution in [3.05, 3.63) is 94.3 Å². The van der Waals surface area contributed by atoms with Gasteiger partial charge in [0.15, 0.2) is 0 Å². The molecule has 0 saturated heterocycles. The van der Waals surface area contributed by atoms with Crippen LogP contribution in [0.15, 0.2) is 82.0 Å². The van der Waals surface area contributed by atoms with Gasteiger partial charge in [-0.3, -0.25) is 0 Å². The Labute approximate surface area is 158 Å². The number of hydrogen-bond acceptors (Lipinski definition) is 3. The summed E-state index contributed by atoms with van der Waals surface area (Å²) in [7, 11) is 0. The van der Waals surface area contributed by atoms with Crippen molar-refractivity contribution >= 4 is 21.7 Å². The molecule has 3 aromatic carbocycles. The van der Waals surface area contributed by atoms with E-state index in [1.165, 1.54) is 5.56 Å². The Kier molecular flexibility index (Phi) is 5.03. The molecule has 3 heteroatoms. The summed E-state index contributed by atoms with van der Waals surface area (Å²) in [6.07, 6.45) is 1.07. The van der Waals surface area contributed by atoms with Crippen molar-refractivity contribution in [1.29, 1.82) is 0 Å². The Hall–Kier alpha value is -2.91. The van der Waals surface area contributed by atoms with Gasteiger partial charge >= 0.3 is 5.63 Å². The van der Waals surface area contributed by atoms with E-state index in [1.54, 1.807) is 6.07 Å². The van der Waals surface area contributed by atoms with Crippen LogP contribution in [0.5, 0.6) is 0 Å². The van der Waals surface area contributed by atoms with Gasteiger partial charge in [0.05, 0.1) is 0 Å². The summed E-state index contributed by atoms with van der Waals surface area (Å²) in [4.78, 5) is 12.0. The fraction of sp³-hybridized carbons (Fsp3) is 0.208. The molecular formula is C24H23NO2. The molecule has 136 valence electrons. The molecule has 1 N–H and O–H groups in total. The lowest BCUT2D eigenvalue weighted by Crippen LogP contribution is -2.21. The van der Waals surface area contributed by atoms with E-state index < -0.39 is 0 Å². The fourth-order valence-corrected chi connectivity index (χ4v) is 3.76. The highest BCUT2D eigenvalue weighted by Crippen LogP contribution is 2.27. The first-order valence-corrected chi connectivity index (χ1v) is 9.46. The minimum absolute atomic E-state index is 0.301. The van der Waals surface area contributed by atoms with Crippen molar-refractivity contribution in [3.63, 3.8) is 0 Å². The Morgan fingerprint density at radius 1 is 0.963 bits per heavy atom. The van der Waals surface area contributed by atoms with Crippen LogP contribution in [-0.2, 0) is 6.54 Å². The van der Waals surface area contributed by atoms with Crippen LogP contribution in [0.1, 0.15) is 30.4 Å². The molecule has 0 spiro atoms. The van der Waals surface area contributed by atoms with Gasteiger partial charge in [0.25, 0.3) is 0 Å². The molecule has 0 saturated carbocycles. The zero-order valence-corrected chi connectivity index (χ0v) is 15.4. The molecule has 0 amide bonds. The third-order valence-corrected chi connectivity index (χ3v) is 5.18. The highest BCUT2D eigenvalue weighted by molar-refractivity contribution is 6.07. The summed E-state index contributed by atoms with van der Waals surface area (Å²) in [5.74, 6) is 0.453. The molecule has 4 aromatic rings. The van der Waals surface area contributed by atoms with Crippen LogP contribution in [0.2, 0.25) is 0 Å². The predicted molar refractivity (Wildman–Crippen MR) is 111 cm³/mol. The van der Waals surface area contributed by atoms with E-state index in [2.05, 4.69) is 48.6 Å². The Morgan fingerprint density at radius 2 is 1.74 bits per heavy atom. The fourth-order valence-electron chi connectivity index (χ4n) is 3.76. The Bertz CT molecular complexity index is 1120. The first kappa shape index (κ1) is 17.5. The van der Waals surface area contributed by atoms with E-state index in [9.17, 15) is 4.79 Å². The van der Waals surface area contributed by atoms with Gasteiger partial charge in [0.2, 0.25) is 0 Å². The molecule has 0 aliphatic rings. The summed E-state index contributed by atoms with van der Waals surface area (Å²) in [6, 6.07) is 24.3. The molecule has 4 rings (SSSR count). The summed E-state index contributed by atoms with van der Waals surface area (Å²) in [5.41, 5.74) is 2.68. The van der Waals surface area contributed by atoms with Gasteiger partial charge in [-0.05, 0) is 40.3 Å². The summed E-state index contributed by atoms with van der Waals surface area (Å²) in [5, 5.41) is 6.84. The van der Waals surface area contributed by atoms with Crippen molar-refractivity contribution in [1.82, 2.24) is 5.32 Å². The summed E-state index contributed by atoms with van der Waals surface area (Å²) in [6.45, 7) is 3.71. The van der Waals surface area contributed by atoms with Gasteiger partial charge in [0.1, 0.15) is 5.58 Å². The average Bonchev–Trinajstić information content (AvgIpc) is 2.71. The maximum Gasteiger partial charge on any atom is 0.336 e. The molecule has 27 heavy (non-hydrogen) atoms. The summed E-state index contributed by atoms with van der Waals surface area (Å²) < 4.78 is 5.44. The van der Waals surface area contributed by atoms with E-state index in [0.717, 1.165) is 34.7 Å². The quantitative estimate of drug-likeness (QED) is 0.379. The molecule has 0 radical (unpaired) electrons. The van der Waals surface area contributed by atoms with Gasteiger partial charge in [-0.15, -0.1) is 0 Å². The number of rotatable bonds is 6. The van der Waals surface area contributed by atoms with E-state index in [0.29, 0.717) is 18.0 Å². The number of benzene rings is 3. The standard InChI is InChI=1S/C24H23NO2/c1-2-17(18-8-4-3-5-9-18)15-25-16-20-14-23(26)27-22-13-12-19-10-6-7-11-21(19)24(20)22/h3-14,17,25H,2,15-16H2,1H3/t17-/m0/s1. The molecule has 3 nitrogen and oxygen atoms in total. The lowest BCUT2D eigenvalue weighted by molar-refractivity contribution is 0.549.